The molecule has 0 spiro atoms. The van der Waals surface area contributed by atoms with Crippen LogP contribution in [-0.4, -0.2) is 26.3 Å². The number of hydrogen-bond acceptors (Lipinski definition) is 4. The number of halogens is 1. The molecule has 2 aliphatic rings. The Kier molecular flexibility index (Phi) is 4.85. The molecule has 1 amide bonds. The van der Waals surface area contributed by atoms with Crippen LogP contribution in [0, 0.1) is 17.3 Å². The first kappa shape index (κ1) is 17.3. The molecule has 2 saturated carbocycles. The van der Waals surface area contributed by atoms with Gasteiger partial charge in [0.2, 0.25) is 5.91 Å². The Bertz CT molecular complexity index is 676. The Hall–Kier alpha value is -1.56. The van der Waals surface area contributed by atoms with Gasteiger partial charge in [-0.15, -0.1) is 0 Å². The summed E-state index contributed by atoms with van der Waals surface area (Å²) >= 11 is 3.45. The van der Waals surface area contributed by atoms with E-state index in [4.69, 9.17) is 9.47 Å². The number of methoxy groups -OCH3 is 2. The van der Waals surface area contributed by atoms with E-state index in [1.165, 1.54) is 19.3 Å². The number of amides is 1. The van der Waals surface area contributed by atoms with Gasteiger partial charge < -0.3 is 9.47 Å². The van der Waals surface area contributed by atoms with E-state index in [1.54, 1.807) is 20.4 Å². The molecule has 5 nitrogen and oxygen atoms in total. The topological polar surface area (TPSA) is 59.9 Å². The third-order valence-electron chi connectivity index (χ3n) is 5.46. The van der Waals surface area contributed by atoms with E-state index in [-0.39, 0.29) is 17.2 Å². The zero-order valence-corrected chi connectivity index (χ0v) is 15.9. The predicted molar refractivity (Wildman–Crippen MR) is 96.5 cm³/mol. The van der Waals surface area contributed by atoms with Gasteiger partial charge in [-0.25, -0.2) is 5.43 Å². The molecule has 3 rings (SSSR count). The minimum absolute atomic E-state index is 0.0418. The van der Waals surface area contributed by atoms with Gasteiger partial charge in [-0.3, -0.25) is 4.79 Å². The quantitative estimate of drug-likeness (QED) is 0.610. The van der Waals surface area contributed by atoms with Gasteiger partial charge in [0.05, 0.1) is 24.9 Å². The highest BCUT2D eigenvalue weighted by Crippen LogP contribution is 2.66. The first-order valence-electron chi connectivity index (χ1n) is 8.25. The van der Waals surface area contributed by atoms with Crippen LogP contribution in [-0.2, 0) is 4.79 Å². The molecular weight excluding hydrogens is 372 g/mol. The second-order valence-corrected chi connectivity index (χ2v) is 7.66. The number of ether oxygens (including phenoxy) is 2. The molecular formula is C18H23BrN2O3. The second kappa shape index (κ2) is 6.75. The van der Waals surface area contributed by atoms with Crippen molar-refractivity contribution in [1.82, 2.24) is 5.43 Å². The van der Waals surface area contributed by atoms with Crippen LogP contribution in [0.25, 0.3) is 0 Å². The number of carbonyl (C=O) groups is 1. The zero-order chi connectivity index (χ0) is 17.3. The number of rotatable bonds is 5. The van der Waals surface area contributed by atoms with Gasteiger partial charge >= 0.3 is 0 Å². The van der Waals surface area contributed by atoms with Crippen LogP contribution in [0.5, 0.6) is 11.5 Å². The van der Waals surface area contributed by atoms with Gasteiger partial charge in [0.1, 0.15) is 0 Å². The monoisotopic (exact) mass is 394 g/mol. The van der Waals surface area contributed by atoms with E-state index in [2.05, 4.69) is 33.4 Å². The molecule has 1 aromatic carbocycles. The average molecular weight is 395 g/mol. The molecule has 0 radical (unpaired) electrons. The van der Waals surface area contributed by atoms with Crippen LogP contribution >= 0.6 is 15.9 Å². The lowest BCUT2D eigenvalue weighted by Gasteiger charge is -2.15. The number of fused-ring (bicyclic) bond motifs is 1. The lowest BCUT2D eigenvalue weighted by atomic mass is 9.90. The molecule has 3 atom stereocenters. The van der Waals surface area contributed by atoms with Crippen molar-refractivity contribution in [3.05, 3.63) is 22.2 Å². The first-order chi connectivity index (χ1) is 11.5. The van der Waals surface area contributed by atoms with E-state index in [0.717, 1.165) is 16.5 Å². The Morgan fingerprint density at radius 2 is 2.17 bits per heavy atom. The summed E-state index contributed by atoms with van der Waals surface area (Å²) in [6.45, 7) is 2.23. The van der Waals surface area contributed by atoms with Crippen molar-refractivity contribution in [3.63, 3.8) is 0 Å². The summed E-state index contributed by atoms with van der Waals surface area (Å²) in [5.74, 6) is 1.94. The van der Waals surface area contributed by atoms with Gasteiger partial charge in [0.15, 0.2) is 11.5 Å². The number of hydrogen-bond donors (Lipinski definition) is 1. The highest BCUT2D eigenvalue weighted by atomic mass is 79.9. The Balaban J connectivity index is 1.65. The molecule has 0 aliphatic heterocycles. The van der Waals surface area contributed by atoms with E-state index in [1.807, 2.05) is 12.1 Å². The number of nitrogens with one attached hydrogen (secondary N) is 1. The van der Waals surface area contributed by atoms with Crippen LogP contribution in [0.1, 0.15) is 38.2 Å². The van der Waals surface area contributed by atoms with Crippen LogP contribution in [0.3, 0.4) is 0 Å². The van der Waals surface area contributed by atoms with Gasteiger partial charge in [0.25, 0.3) is 0 Å². The summed E-state index contributed by atoms with van der Waals surface area (Å²) in [5.41, 5.74) is 3.72. The van der Waals surface area contributed by atoms with Crippen LogP contribution in [0.2, 0.25) is 0 Å². The highest BCUT2D eigenvalue weighted by molar-refractivity contribution is 9.10. The first-order valence-corrected chi connectivity index (χ1v) is 9.05. The van der Waals surface area contributed by atoms with Gasteiger partial charge in [-0.1, -0.05) is 19.8 Å². The van der Waals surface area contributed by atoms with Crippen molar-refractivity contribution >= 4 is 28.1 Å². The lowest BCUT2D eigenvalue weighted by molar-refractivity contribution is -0.123. The van der Waals surface area contributed by atoms with Crippen molar-refractivity contribution in [3.8, 4) is 11.5 Å². The molecule has 1 aromatic rings. The van der Waals surface area contributed by atoms with Gasteiger partial charge in [0, 0.05) is 5.92 Å². The van der Waals surface area contributed by atoms with Gasteiger partial charge in [-0.05, 0) is 57.8 Å². The van der Waals surface area contributed by atoms with E-state index in [0.29, 0.717) is 17.4 Å². The van der Waals surface area contributed by atoms with E-state index >= 15 is 0 Å². The molecule has 2 aliphatic carbocycles. The molecule has 0 aromatic heterocycles. The van der Waals surface area contributed by atoms with Crippen molar-refractivity contribution in [2.45, 2.75) is 32.6 Å². The maximum Gasteiger partial charge on any atom is 0.244 e. The van der Waals surface area contributed by atoms with E-state index in [9.17, 15) is 4.79 Å². The summed E-state index contributed by atoms with van der Waals surface area (Å²) in [6.07, 6.45) is 6.43. The second-order valence-electron chi connectivity index (χ2n) is 6.81. The molecule has 0 bridgehead atoms. The van der Waals surface area contributed by atoms with Crippen molar-refractivity contribution in [1.29, 1.82) is 0 Å². The Labute approximate surface area is 150 Å². The maximum absolute atomic E-state index is 12.4. The number of carbonyl (C=O) groups excluding carboxylic acids is 1. The summed E-state index contributed by atoms with van der Waals surface area (Å²) in [5, 5.41) is 4.12. The molecule has 6 heteroatoms. The molecule has 2 fully saturated rings. The molecule has 24 heavy (non-hydrogen) atoms. The van der Waals surface area contributed by atoms with E-state index < -0.39 is 0 Å². The maximum atomic E-state index is 12.4. The molecule has 1 N–H and O–H groups in total. The standard InChI is InChI=1S/C18H23BrN2O3/c1-18-7-5-4-6-12(18)15(18)17(22)21-20-10-11-8-13(19)16(24-3)14(9-11)23-2/h8-10,12,15H,4-7H2,1-3H3,(H,21,22)/b20-10-/t12-,15+,18-/m1/s1. The average Bonchev–Trinajstić information content (AvgIpc) is 3.19. The Morgan fingerprint density at radius 1 is 1.38 bits per heavy atom. The number of nitrogens with zero attached hydrogens (tertiary/aromatic N) is 1. The fraction of sp³-hybridized carbons (Fsp3) is 0.556. The lowest BCUT2D eigenvalue weighted by Crippen LogP contribution is -2.22. The van der Waals surface area contributed by atoms with Gasteiger partial charge in [-0.2, -0.15) is 5.10 Å². The van der Waals surface area contributed by atoms with Crippen LogP contribution in [0.4, 0.5) is 0 Å². The minimum atomic E-state index is 0.0418. The summed E-state index contributed by atoms with van der Waals surface area (Å²) in [7, 11) is 3.18. The summed E-state index contributed by atoms with van der Waals surface area (Å²) < 4.78 is 11.4. The normalized spacial score (nSPS) is 28.3. The summed E-state index contributed by atoms with van der Waals surface area (Å²) in [6, 6.07) is 3.69. The minimum Gasteiger partial charge on any atom is -0.493 e. The van der Waals surface area contributed by atoms with Crippen LogP contribution in [0.15, 0.2) is 21.7 Å². The van der Waals surface area contributed by atoms with Crippen LogP contribution < -0.4 is 14.9 Å². The molecule has 0 unspecified atom stereocenters. The smallest absolute Gasteiger partial charge is 0.244 e. The number of benzene rings is 1. The number of hydrazone groups is 1. The van der Waals surface area contributed by atoms with Crippen molar-refractivity contribution in [2.24, 2.45) is 22.4 Å². The fourth-order valence-electron chi connectivity index (χ4n) is 4.10. The van der Waals surface area contributed by atoms with Crippen molar-refractivity contribution in [2.75, 3.05) is 14.2 Å². The SMILES string of the molecule is COc1cc(/C=N\NC(=O)[C@@H]2[C@H]3CCCC[C@]32C)cc(Br)c1OC. The summed E-state index contributed by atoms with van der Waals surface area (Å²) in [4.78, 5) is 12.4. The third-order valence-corrected chi connectivity index (χ3v) is 6.05. The molecule has 0 saturated heterocycles. The van der Waals surface area contributed by atoms with Crippen molar-refractivity contribution < 1.29 is 14.3 Å². The predicted octanol–water partition coefficient (Wildman–Crippen LogP) is 3.74. The largest absolute Gasteiger partial charge is 0.493 e. The highest BCUT2D eigenvalue weighted by Gasteiger charge is 2.64. The molecule has 130 valence electrons. The fourth-order valence-corrected chi connectivity index (χ4v) is 4.72. The zero-order valence-electron chi connectivity index (χ0n) is 14.3. The Morgan fingerprint density at radius 3 is 2.79 bits per heavy atom. The molecule has 0 heterocycles. The third kappa shape index (κ3) is 3.04.